The van der Waals surface area contributed by atoms with Crippen molar-refractivity contribution >= 4 is 43.1 Å². The fourth-order valence-corrected chi connectivity index (χ4v) is 4.81. The number of hydrogen-bond donors (Lipinski definition) is 1. The molecule has 0 atom stereocenters. The molecule has 5 aromatic rings. The number of aryl methyl sites for hydroxylation is 1. The number of methoxy groups -OCH3 is 1. The highest BCUT2D eigenvalue weighted by molar-refractivity contribution is 7.86. The summed E-state index contributed by atoms with van der Waals surface area (Å²) in [7, 11) is -3.50. The second kappa shape index (κ2) is 7.71. The minimum absolute atomic E-state index is 0.183. The van der Waals surface area contributed by atoms with E-state index in [0.29, 0.717) is 50.9 Å². The van der Waals surface area contributed by atoms with Gasteiger partial charge in [-0.2, -0.15) is 8.42 Å². The number of ether oxygens (including phenoxy) is 1. The first-order valence-electron chi connectivity index (χ1n) is 10.3. The van der Waals surface area contributed by atoms with E-state index in [4.69, 9.17) is 11.2 Å². The summed E-state index contributed by atoms with van der Waals surface area (Å²) in [6, 6.07) is 9.96. The molecule has 170 valence electrons. The molecule has 0 saturated carbocycles. The molecule has 0 spiro atoms. The van der Waals surface area contributed by atoms with Crippen molar-refractivity contribution in [2.24, 2.45) is 0 Å². The molecule has 3 aromatic heterocycles. The highest BCUT2D eigenvalue weighted by Crippen LogP contribution is 2.36. The smallest absolute Gasteiger partial charge is 0.333 e. The third-order valence-electron chi connectivity index (χ3n) is 5.92. The maximum atomic E-state index is 13.6. The van der Waals surface area contributed by atoms with Crippen LogP contribution in [0.3, 0.4) is 0 Å². The topological polar surface area (TPSA) is 94.1 Å². The lowest BCUT2D eigenvalue weighted by atomic mass is 10.0. The van der Waals surface area contributed by atoms with Gasteiger partial charge < -0.3 is 14.3 Å². The molecule has 3 heterocycles. The van der Waals surface area contributed by atoms with Crippen molar-refractivity contribution in [2.75, 3.05) is 7.11 Å². The van der Waals surface area contributed by atoms with Crippen molar-refractivity contribution in [3.63, 3.8) is 0 Å². The Morgan fingerprint density at radius 1 is 1.18 bits per heavy atom. The predicted octanol–water partition coefficient (Wildman–Crippen LogP) is 4.37. The van der Waals surface area contributed by atoms with Crippen molar-refractivity contribution in [1.29, 1.82) is 0 Å². The van der Waals surface area contributed by atoms with Gasteiger partial charge in [0.2, 0.25) is 0 Å². The molecule has 34 heavy (non-hydrogen) atoms. The van der Waals surface area contributed by atoms with Crippen LogP contribution >= 0.6 is 0 Å². The van der Waals surface area contributed by atoms with E-state index in [1.807, 2.05) is 23.6 Å². The molecule has 1 N–H and O–H groups in total. The number of aromatic amines is 1. The SMILES string of the molecule is C#Cc1ccc2c(c1)[nH]c1c2c(=O)c2cc(OC)c(-c3cncc(S(=O)(=O)F)c3)cc2n1CC. The van der Waals surface area contributed by atoms with Crippen LogP contribution in [0.25, 0.3) is 44.0 Å². The Balaban J connectivity index is 1.90. The number of rotatable bonds is 4. The van der Waals surface area contributed by atoms with Gasteiger partial charge in [-0.3, -0.25) is 9.78 Å². The van der Waals surface area contributed by atoms with Crippen molar-refractivity contribution in [3.05, 3.63) is 64.6 Å². The summed E-state index contributed by atoms with van der Waals surface area (Å²) in [4.78, 5) is 20.2. The number of aromatic nitrogens is 3. The summed E-state index contributed by atoms with van der Waals surface area (Å²) in [6.45, 7) is 2.48. The largest absolute Gasteiger partial charge is 0.496 e. The highest BCUT2D eigenvalue weighted by atomic mass is 32.3. The average molecular weight is 476 g/mol. The van der Waals surface area contributed by atoms with Crippen molar-refractivity contribution < 1.29 is 17.0 Å². The van der Waals surface area contributed by atoms with Crippen LogP contribution < -0.4 is 10.2 Å². The van der Waals surface area contributed by atoms with E-state index in [1.54, 1.807) is 18.2 Å². The molecule has 9 heteroatoms. The van der Waals surface area contributed by atoms with Gasteiger partial charge in [0, 0.05) is 46.5 Å². The first-order chi connectivity index (χ1) is 16.3. The lowest BCUT2D eigenvalue weighted by Crippen LogP contribution is -2.11. The van der Waals surface area contributed by atoms with Gasteiger partial charge in [0.05, 0.1) is 23.4 Å². The minimum Gasteiger partial charge on any atom is -0.496 e. The summed E-state index contributed by atoms with van der Waals surface area (Å²) >= 11 is 0. The predicted molar refractivity (Wildman–Crippen MR) is 129 cm³/mol. The summed E-state index contributed by atoms with van der Waals surface area (Å²) in [5.41, 5.74) is 3.31. The quantitative estimate of drug-likeness (QED) is 0.308. The van der Waals surface area contributed by atoms with Crippen LogP contribution in [0.15, 0.2) is 58.5 Å². The molecule has 0 radical (unpaired) electrons. The van der Waals surface area contributed by atoms with E-state index in [1.165, 1.54) is 19.4 Å². The van der Waals surface area contributed by atoms with Gasteiger partial charge in [-0.1, -0.05) is 12.0 Å². The summed E-state index contributed by atoms with van der Waals surface area (Å²) in [5.74, 6) is 2.93. The number of halogens is 1. The monoisotopic (exact) mass is 475 g/mol. The Hall–Kier alpha value is -4.16. The molecule has 0 aliphatic rings. The maximum Gasteiger partial charge on any atom is 0.333 e. The van der Waals surface area contributed by atoms with E-state index in [-0.39, 0.29) is 5.43 Å². The Morgan fingerprint density at radius 3 is 2.65 bits per heavy atom. The van der Waals surface area contributed by atoms with Crippen LogP contribution in [0, 0.1) is 12.3 Å². The number of nitrogens with zero attached hydrogens (tertiary/aromatic N) is 2. The average Bonchev–Trinajstić information content (AvgIpc) is 3.21. The van der Waals surface area contributed by atoms with E-state index < -0.39 is 15.1 Å². The van der Waals surface area contributed by atoms with Gasteiger partial charge in [0.15, 0.2) is 5.43 Å². The number of H-pyrrole nitrogens is 1. The lowest BCUT2D eigenvalue weighted by molar-refractivity contribution is 0.417. The molecule has 0 unspecified atom stereocenters. The molecule has 0 aliphatic heterocycles. The lowest BCUT2D eigenvalue weighted by Gasteiger charge is -2.15. The third-order valence-corrected chi connectivity index (χ3v) is 6.70. The van der Waals surface area contributed by atoms with Crippen molar-refractivity contribution in [3.8, 4) is 29.2 Å². The fourth-order valence-electron chi connectivity index (χ4n) is 4.36. The van der Waals surface area contributed by atoms with Crippen molar-refractivity contribution in [2.45, 2.75) is 18.4 Å². The minimum atomic E-state index is -4.94. The van der Waals surface area contributed by atoms with Gasteiger partial charge in [0.25, 0.3) is 0 Å². The first kappa shape index (κ1) is 21.7. The summed E-state index contributed by atoms with van der Waals surface area (Å²) in [5, 5.41) is 1.73. The van der Waals surface area contributed by atoms with Gasteiger partial charge >= 0.3 is 10.2 Å². The van der Waals surface area contributed by atoms with Crippen LogP contribution in [0.4, 0.5) is 3.89 Å². The number of pyridine rings is 2. The van der Waals surface area contributed by atoms with E-state index in [2.05, 4.69) is 15.9 Å². The molecule has 7 nitrogen and oxygen atoms in total. The standard InChI is InChI=1S/C25H18FN3O4S/c1-4-14-6-7-17-20(8-14)28-25-23(17)24(30)19-11-22(33-3)18(10-21(19)29(25)5-2)15-9-16(13-27-12-15)34(26,31)32/h1,6-13,28H,5H2,2-3H3. The van der Waals surface area contributed by atoms with Gasteiger partial charge in [-0.15, -0.1) is 10.3 Å². The van der Waals surface area contributed by atoms with Crippen LogP contribution in [0.2, 0.25) is 0 Å². The number of terminal acetylenes is 1. The summed E-state index contributed by atoms with van der Waals surface area (Å²) < 4.78 is 43.9. The Labute approximate surface area is 194 Å². The van der Waals surface area contributed by atoms with Crippen LogP contribution in [-0.2, 0) is 16.8 Å². The van der Waals surface area contributed by atoms with Crippen LogP contribution in [0.5, 0.6) is 5.75 Å². The zero-order valence-electron chi connectivity index (χ0n) is 18.2. The number of benzene rings is 2. The molecule has 0 bridgehead atoms. The molecule has 0 fully saturated rings. The number of hydrogen-bond acceptors (Lipinski definition) is 5. The van der Waals surface area contributed by atoms with Crippen LogP contribution in [-0.4, -0.2) is 30.1 Å². The Bertz CT molecular complexity index is 1850. The third kappa shape index (κ3) is 3.23. The summed E-state index contributed by atoms with van der Waals surface area (Å²) in [6.07, 6.45) is 7.88. The zero-order valence-corrected chi connectivity index (χ0v) is 19.0. The maximum absolute atomic E-state index is 13.6. The molecule has 5 rings (SSSR count). The normalized spacial score (nSPS) is 11.8. The van der Waals surface area contributed by atoms with Crippen LogP contribution in [0.1, 0.15) is 12.5 Å². The van der Waals surface area contributed by atoms with Gasteiger partial charge in [-0.05, 0) is 37.3 Å². The van der Waals surface area contributed by atoms with Crippen molar-refractivity contribution in [1.82, 2.24) is 14.5 Å². The zero-order chi connectivity index (χ0) is 24.2. The molecular formula is C25H18FN3O4S. The first-order valence-corrected chi connectivity index (χ1v) is 11.7. The van der Waals surface area contributed by atoms with Gasteiger partial charge in [0.1, 0.15) is 16.3 Å². The fraction of sp³-hybridized carbons (Fsp3) is 0.120. The number of nitrogens with one attached hydrogen (secondary N) is 1. The Kier molecular flexibility index (Phi) is 4.92. The van der Waals surface area contributed by atoms with Gasteiger partial charge in [-0.25, -0.2) is 0 Å². The van der Waals surface area contributed by atoms with E-state index >= 15 is 0 Å². The van der Waals surface area contributed by atoms with E-state index in [9.17, 15) is 17.1 Å². The molecule has 0 saturated heterocycles. The van der Waals surface area contributed by atoms with E-state index in [0.717, 1.165) is 17.1 Å². The molecular weight excluding hydrogens is 457 g/mol. The Morgan fingerprint density at radius 2 is 1.97 bits per heavy atom. The highest BCUT2D eigenvalue weighted by Gasteiger charge is 2.20. The second-order valence-electron chi connectivity index (χ2n) is 7.74. The molecule has 0 aliphatic carbocycles. The molecule has 0 amide bonds. The molecule has 2 aromatic carbocycles. The number of fused-ring (bicyclic) bond motifs is 4. The second-order valence-corrected chi connectivity index (χ2v) is 9.09.